The molecule has 27 heavy (non-hydrogen) atoms. The Kier molecular flexibility index (Phi) is 6.45. The van der Waals surface area contributed by atoms with Crippen LogP contribution in [0.5, 0.6) is 11.5 Å². The van der Waals surface area contributed by atoms with E-state index >= 15 is 0 Å². The Morgan fingerprint density at radius 1 is 1.19 bits per heavy atom. The third-order valence-electron chi connectivity index (χ3n) is 4.93. The monoisotopic (exact) mass is 388 g/mol. The lowest BCUT2D eigenvalue weighted by Crippen LogP contribution is -2.42. The van der Waals surface area contributed by atoms with Crippen molar-refractivity contribution in [3.63, 3.8) is 0 Å². The normalized spacial score (nSPS) is 16.3. The molecule has 5 nitrogen and oxygen atoms in total. The average molecular weight is 389 g/mol. The highest BCUT2D eigenvalue weighted by Gasteiger charge is 2.28. The quantitative estimate of drug-likeness (QED) is 0.795. The molecule has 144 valence electrons. The molecule has 0 aliphatic carbocycles. The SMILES string of the molecule is COc1cc2c(cc1OC)[C@H](c1ccccc1)CN(C(=O)NCCCl)CC2. The fourth-order valence-corrected chi connectivity index (χ4v) is 3.66. The van der Waals surface area contributed by atoms with Crippen molar-refractivity contribution in [2.75, 3.05) is 39.7 Å². The molecule has 0 saturated heterocycles. The molecule has 2 aromatic carbocycles. The maximum absolute atomic E-state index is 12.6. The highest BCUT2D eigenvalue weighted by atomic mass is 35.5. The molecule has 6 heteroatoms. The van der Waals surface area contributed by atoms with E-state index in [1.807, 2.05) is 35.2 Å². The van der Waals surface area contributed by atoms with Crippen molar-refractivity contribution in [2.24, 2.45) is 0 Å². The molecule has 1 heterocycles. The average Bonchev–Trinajstić information content (AvgIpc) is 2.91. The van der Waals surface area contributed by atoms with E-state index in [1.54, 1.807) is 14.2 Å². The van der Waals surface area contributed by atoms with Crippen molar-refractivity contribution in [3.05, 3.63) is 59.2 Å². The van der Waals surface area contributed by atoms with Gasteiger partial charge in [0, 0.05) is 31.4 Å². The Morgan fingerprint density at radius 3 is 2.56 bits per heavy atom. The zero-order valence-electron chi connectivity index (χ0n) is 15.7. The van der Waals surface area contributed by atoms with E-state index in [9.17, 15) is 4.79 Å². The van der Waals surface area contributed by atoms with Crippen LogP contribution in [0.1, 0.15) is 22.6 Å². The zero-order chi connectivity index (χ0) is 19.2. The number of nitrogens with one attached hydrogen (secondary N) is 1. The summed E-state index contributed by atoms with van der Waals surface area (Å²) >= 11 is 5.72. The molecular formula is C21H25ClN2O3. The second kappa shape index (κ2) is 9.00. The van der Waals surface area contributed by atoms with Gasteiger partial charge < -0.3 is 19.7 Å². The van der Waals surface area contributed by atoms with E-state index in [0.717, 1.165) is 6.42 Å². The van der Waals surface area contributed by atoms with Crippen molar-refractivity contribution >= 4 is 17.6 Å². The van der Waals surface area contributed by atoms with Gasteiger partial charge in [-0.2, -0.15) is 0 Å². The second-order valence-electron chi connectivity index (χ2n) is 6.49. The van der Waals surface area contributed by atoms with Gasteiger partial charge in [0.05, 0.1) is 14.2 Å². The summed E-state index contributed by atoms with van der Waals surface area (Å²) in [6.45, 7) is 1.70. The molecule has 3 rings (SSSR count). The molecule has 0 fully saturated rings. The lowest BCUT2D eigenvalue weighted by molar-refractivity contribution is 0.199. The summed E-state index contributed by atoms with van der Waals surface area (Å²) in [6, 6.07) is 14.3. The number of carbonyl (C=O) groups excluding carboxylic acids is 1. The lowest BCUT2D eigenvalue weighted by Gasteiger charge is -2.26. The number of fused-ring (bicyclic) bond motifs is 1. The number of rotatable bonds is 5. The summed E-state index contributed by atoms with van der Waals surface area (Å²) in [7, 11) is 3.28. The number of hydrogen-bond donors (Lipinski definition) is 1. The molecular weight excluding hydrogens is 364 g/mol. The predicted molar refractivity (Wildman–Crippen MR) is 107 cm³/mol. The van der Waals surface area contributed by atoms with E-state index in [2.05, 4.69) is 17.4 Å². The molecule has 0 saturated carbocycles. The van der Waals surface area contributed by atoms with Crippen molar-refractivity contribution in [1.82, 2.24) is 10.2 Å². The fourth-order valence-electron chi connectivity index (χ4n) is 3.56. The van der Waals surface area contributed by atoms with Gasteiger partial charge in [0.25, 0.3) is 0 Å². The summed E-state index contributed by atoms with van der Waals surface area (Å²) in [4.78, 5) is 14.5. The summed E-state index contributed by atoms with van der Waals surface area (Å²) in [5, 5.41) is 2.88. The van der Waals surface area contributed by atoms with E-state index in [-0.39, 0.29) is 11.9 Å². The lowest BCUT2D eigenvalue weighted by atomic mass is 9.87. The maximum atomic E-state index is 12.6. The first-order valence-electron chi connectivity index (χ1n) is 9.06. The van der Waals surface area contributed by atoms with Crippen LogP contribution in [0.4, 0.5) is 4.79 Å². The number of halogens is 1. The first-order valence-corrected chi connectivity index (χ1v) is 9.59. The van der Waals surface area contributed by atoms with Crippen LogP contribution in [-0.4, -0.2) is 50.7 Å². The number of carbonyl (C=O) groups is 1. The molecule has 2 amide bonds. The van der Waals surface area contributed by atoms with Crippen molar-refractivity contribution < 1.29 is 14.3 Å². The molecule has 0 aromatic heterocycles. The van der Waals surface area contributed by atoms with Crippen molar-refractivity contribution in [3.8, 4) is 11.5 Å². The molecule has 2 aromatic rings. The Labute approximate surface area is 165 Å². The zero-order valence-corrected chi connectivity index (χ0v) is 16.5. The van der Waals surface area contributed by atoms with Gasteiger partial charge in [-0.05, 0) is 35.2 Å². The second-order valence-corrected chi connectivity index (χ2v) is 6.86. The summed E-state index contributed by atoms with van der Waals surface area (Å²) < 4.78 is 11.0. The Morgan fingerprint density at radius 2 is 1.89 bits per heavy atom. The Balaban J connectivity index is 2.02. The van der Waals surface area contributed by atoms with Gasteiger partial charge in [-0.3, -0.25) is 0 Å². The first-order chi connectivity index (χ1) is 13.2. The Hall–Kier alpha value is -2.40. The fraction of sp³-hybridized carbons (Fsp3) is 0.381. The third-order valence-corrected chi connectivity index (χ3v) is 5.12. The van der Waals surface area contributed by atoms with Gasteiger partial charge in [0.2, 0.25) is 0 Å². The molecule has 1 atom stereocenters. The molecule has 1 aliphatic rings. The summed E-state index contributed by atoms with van der Waals surface area (Å²) in [5.41, 5.74) is 3.52. The van der Waals surface area contributed by atoms with Crippen LogP contribution in [0.25, 0.3) is 0 Å². The molecule has 1 N–H and O–H groups in total. The number of hydrogen-bond acceptors (Lipinski definition) is 3. The standard InChI is InChI=1S/C21H25ClN2O3/c1-26-19-12-16-8-11-24(21(25)23-10-9-22)14-18(15-6-4-3-5-7-15)17(16)13-20(19)27-2/h3-7,12-13,18H,8-11,14H2,1-2H3,(H,23,25)/t18-/m0/s1. The van der Waals surface area contributed by atoms with E-state index in [1.165, 1.54) is 16.7 Å². The number of urea groups is 1. The topological polar surface area (TPSA) is 50.8 Å². The van der Waals surface area contributed by atoms with Crippen LogP contribution < -0.4 is 14.8 Å². The van der Waals surface area contributed by atoms with Crippen molar-refractivity contribution in [1.29, 1.82) is 0 Å². The number of amides is 2. The van der Waals surface area contributed by atoms with E-state index in [4.69, 9.17) is 21.1 Å². The molecule has 0 radical (unpaired) electrons. The van der Waals surface area contributed by atoms with Gasteiger partial charge >= 0.3 is 6.03 Å². The summed E-state index contributed by atoms with van der Waals surface area (Å²) in [5.74, 6) is 1.88. The molecule has 0 unspecified atom stereocenters. The van der Waals surface area contributed by atoms with Gasteiger partial charge in [0.1, 0.15) is 0 Å². The number of ether oxygens (including phenoxy) is 2. The minimum atomic E-state index is -0.0803. The highest BCUT2D eigenvalue weighted by molar-refractivity contribution is 6.18. The first kappa shape index (κ1) is 19.4. The van der Waals surface area contributed by atoms with Gasteiger partial charge in [-0.15, -0.1) is 11.6 Å². The smallest absolute Gasteiger partial charge is 0.317 e. The van der Waals surface area contributed by atoms with Crippen LogP contribution in [0.3, 0.4) is 0 Å². The van der Waals surface area contributed by atoms with E-state index in [0.29, 0.717) is 37.0 Å². The minimum Gasteiger partial charge on any atom is -0.493 e. The number of methoxy groups -OCH3 is 2. The van der Waals surface area contributed by atoms with Crippen LogP contribution >= 0.6 is 11.6 Å². The Bertz CT molecular complexity index is 782. The van der Waals surface area contributed by atoms with Gasteiger partial charge in [0.15, 0.2) is 11.5 Å². The van der Waals surface area contributed by atoms with Crippen LogP contribution in [0.2, 0.25) is 0 Å². The van der Waals surface area contributed by atoms with Gasteiger partial charge in [-0.1, -0.05) is 30.3 Å². The number of benzene rings is 2. The summed E-state index contributed by atoms with van der Waals surface area (Å²) in [6.07, 6.45) is 0.757. The molecule has 1 aliphatic heterocycles. The minimum absolute atomic E-state index is 0.0604. The van der Waals surface area contributed by atoms with Crippen LogP contribution in [0, 0.1) is 0 Å². The van der Waals surface area contributed by atoms with Gasteiger partial charge in [-0.25, -0.2) is 4.79 Å². The number of alkyl halides is 1. The van der Waals surface area contributed by atoms with Crippen LogP contribution in [0.15, 0.2) is 42.5 Å². The third kappa shape index (κ3) is 4.30. The maximum Gasteiger partial charge on any atom is 0.317 e. The largest absolute Gasteiger partial charge is 0.493 e. The number of nitrogens with zero attached hydrogens (tertiary/aromatic N) is 1. The van der Waals surface area contributed by atoms with E-state index < -0.39 is 0 Å². The van der Waals surface area contributed by atoms with Crippen LogP contribution in [-0.2, 0) is 6.42 Å². The highest BCUT2D eigenvalue weighted by Crippen LogP contribution is 2.38. The predicted octanol–water partition coefficient (Wildman–Crippen LogP) is 3.64. The molecule has 0 spiro atoms. The van der Waals surface area contributed by atoms with Crippen molar-refractivity contribution in [2.45, 2.75) is 12.3 Å². The molecule has 0 bridgehead atoms.